The number of aryl methyl sites for hydroxylation is 1. The van der Waals surface area contributed by atoms with Crippen molar-refractivity contribution >= 4 is 28.0 Å². The quantitative estimate of drug-likeness (QED) is 0.402. The van der Waals surface area contributed by atoms with E-state index < -0.39 is 11.2 Å². The van der Waals surface area contributed by atoms with Crippen LogP contribution in [0.3, 0.4) is 0 Å². The fourth-order valence-corrected chi connectivity index (χ4v) is 4.15. The molecule has 1 saturated heterocycles. The second kappa shape index (κ2) is 9.71. The zero-order valence-electron chi connectivity index (χ0n) is 19.4. The van der Waals surface area contributed by atoms with E-state index in [0.717, 1.165) is 17.3 Å². The van der Waals surface area contributed by atoms with Crippen LogP contribution in [0.1, 0.15) is 64.7 Å². The second-order valence-corrected chi connectivity index (χ2v) is 10.8. The van der Waals surface area contributed by atoms with Crippen molar-refractivity contribution < 1.29 is 19.1 Å². The van der Waals surface area contributed by atoms with Crippen molar-refractivity contribution in [2.24, 2.45) is 11.8 Å². The molecule has 0 N–H and O–H groups in total. The number of nitrogens with zero attached hydrogens (tertiary/aromatic N) is 1. The van der Waals surface area contributed by atoms with Crippen LogP contribution in [0.4, 0.5) is 4.79 Å². The summed E-state index contributed by atoms with van der Waals surface area (Å²) in [5.74, 6) is -0.456. The number of halogens is 1. The molecule has 6 heteroatoms. The summed E-state index contributed by atoms with van der Waals surface area (Å²) in [5.41, 5.74) is 2.40. The Morgan fingerprint density at radius 3 is 2.23 bits per heavy atom. The number of benzene rings is 1. The fraction of sp³-hybridized carbons (Fsp3) is 0.667. The standard InChI is InChI=1S/C24H36BrNO4/c1-16-10-17(12-18(11-16)14-25)13-20(21(27)29-23(2,3)4)19-8-9-26(15-19)22(28)30-24(5,6)7/h10-12,19-20H,8-9,13-15H2,1-7H3/t19-,20-/m0/s1. The van der Waals surface area contributed by atoms with Crippen molar-refractivity contribution in [3.8, 4) is 0 Å². The molecule has 0 saturated carbocycles. The number of esters is 1. The summed E-state index contributed by atoms with van der Waals surface area (Å²) in [7, 11) is 0. The normalized spacial score (nSPS) is 18.3. The summed E-state index contributed by atoms with van der Waals surface area (Å²) in [4.78, 5) is 27.3. The van der Waals surface area contributed by atoms with E-state index in [-0.39, 0.29) is 23.9 Å². The SMILES string of the molecule is Cc1cc(CBr)cc(C[C@H](C(=O)OC(C)(C)C)[C@H]2CCN(C(=O)OC(C)(C)C)C2)c1. The third-order valence-corrected chi connectivity index (χ3v) is 5.61. The molecule has 1 fully saturated rings. The Bertz CT molecular complexity index is 763. The molecular weight excluding hydrogens is 446 g/mol. The van der Waals surface area contributed by atoms with E-state index >= 15 is 0 Å². The highest BCUT2D eigenvalue weighted by Crippen LogP contribution is 2.31. The monoisotopic (exact) mass is 481 g/mol. The molecule has 0 unspecified atom stereocenters. The number of alkyl halides is 1. The number of hydrogen-bond donors (Lipinski definition) is 0. The van der Waals surface area contributed by atoms with Gasteiger partial charge in [0, 0.05) is 18.4 Å². The first kappa shape index (κ1) is 24.7. The van der Waals surface area contributed by atoms with Gasteiger partial charge in [0.25, 0.3) is 0 Å². The van der Waals surface area contributed by atoms with Gasteiger partial charge in [-0.05, 0) is 78.4 Å². The average molecular weight is 482 g/mol. The number of likely N-dealkylation sites (tertiary alicyclic amines) is 1. The van der Waals surface area contributed by atoms with Crippen LogP contribution in [0, 0.1) is 18.8 Å². The Kier molecular flexibility index (Phi) is 8.00. The second-order valence-electron chi connectivity index (χ2n) is 10.3. The maximum absolute atomic E-state index is 13.1. The molecule has 0 aliphatic carbocycles. The lowest BCUT2D eigenvalue weighted by atomic mass is 9.85. The molecule has 168 valence electrons. The van der Waals surface area contributed by atoms with E-state index in [1.54, 1.807) is 4.90 Å². The molecule has 2 rings (SSSR count). The van der Waals surface area contributed by atoms with Gasteiger partial charge in [-0.25, -0.2) is 4.79 Å². The van der Waals surface area contributed by atoms with Gasteiger partial charge in [0.2, 0.25) is 0 Å². The van der Waals surface area contributed by atoms with Crippen molar-refractivity contribution in [1.82, 2.24) is 4.90 Å². The third kappa shape index (κ3) is 7.60. The van der Waals surface area contributed by atoms with Crippen LogP contribution in [0.25, 0.3) is 0 Å². The number of carbonyl (C=O) groups is 2. The number of carbonyl (C=O) groups excluding carboxylic acids is 2. The lowest BCUT2D eigenvalue weighted by Gasteiger charge is -2.28. The summed E-state index contributed by atoms with van der Waals surface area (Å²) >= 11 is 3.52. The van der Waals surface area contributed by atoms with Gasteiger partial charge in [-0.2, -0.15) is 0 Å². The summed E-state index contributed by atoms with van der Waals surface area (Å²) in [6.07, 6.45) is 1.05. The lowest BCUT2D eigenvalue weighted by Crippen LogP contribution is -2.38. The molecule has 1 aromatic carbocycles. The molecule has 1 aromatic rings. The van der Waals surface area contributed by atoms with Gasteiger partial charge < -0.3 is 14.4 Å². The van der Waals surface area contributed by atoms with Gasteiger partial charge in [0.1, 0.15) is 11.2 Å². The van der Waals surface area contributed by atoms with Crippen LogP contribution >= 0.6 is 15.9 Å². The van der Waals surface area contributed by atoms with Crippen LogP contribution in [0.2, 0.25) is 0 Å². The van der Waals surface area contributed by atoms with Crippen molar-refractivity contribution in [2.45, 2.75) is 77.8 Å². The van der Waals surface area contributed by atoms with Crippen molar-refractivity contribution in [3.05, 3.63) is 34.9 Å². The van der Waals surface area contributed by atoms with Gasteiger partial charge in [0.15, 0.2) is 0 Å². The Morgan fingerprint density at radius 2 is 1.67 bits per heavy atom. The number of hydrogen-bond acceptors (Lipinski definition) is 4. The molecular formula is C24H36BrNO4. The van der Waals surface area contributed by atoms with Crippen molar-refractivity contribution in [1.29, 1.82) is 0 Å². The van der Waals surface area contributed by atoms with E-state index in [9.17, 15) is 9.59 Å². The Hall–Kier alpha value is -1.56. The van der Waals surface area contributed by atoms with Crippen molar-refractivity contribution in [3.63, 3.8) is 0 Å². The van der Waals surface area contributed by atoms with Crippen LogP contribution in [-0.2, 0) is 26.0 Å². The molecule has 1 aliphatic rings. The highest BCUT2D eigenvalue weighted by atomic mass is 79.9. The molecule has 1 aliphatic heterocycles. The molecule has 0 bridgehead atoms. The largest absolute Gasteiger partial charge is 0.460 e. The fourth-order valence-electron chi connectivity index (χ4n) is 3.82. The molecule has 0 radical (unpaired) electrons. The highest BCUT2D eigenvalue weighted by Gasteiger charge is 2.39. The Balaban J connectivity index is 2.21. The van der Waals surface area contributed by atoms with Gasteiger partial charge in [-0.1, -0.05) is 39.7 Å². The zero-order chi connectivity index (χ0) is 22.7. The van der Waals surface area contributed by atoms with Gasteiger partial charge >= 0.3 is 12.1 Å². The molecule has 2 atom stereocenters. The van der Waals surface area contributed by atoms with Crippen molar-refractivity contribution in [2.75, 3.05) is 13.1 Å². The zero-order valence-corrected chi connectivity index (χ0v) is 21.0. The number of rotatable bonds is 5. The Morgan fingerprint density at radius 1 is 1.07 bits per heavy atom. The topological polar surface area (TPSA) is 55.8 Å². The van der Waals surface area contributed by atoms with Crippen LogP contribution in [0.15, 0.2) is 18.2 Å². The molecule has 5 nitrogen and oxygen atoms in total. The van der Waals surface area contributed by atoms with E-state index in [1.807, 2.05) is 41.5 Å². The van der Waals surface area contributed by atoms with Gasteiger partial charge in [0.05, 0.1) is 5.92 Å². The Labute approximate surface area is 189 Å². The minimum absolute atomic E-state index is 0.0419. The number of amides is 1. The molecule has 0 aromatic heterocycles. The summed E-state index contributed by atoms with van der Waals surface area (Å²) in [6.45, 7) is 14.4. The van der Waals surface area contributed by atoms with Crippen LogP contribution in [0.5, 0.6) is 0 Å². The first-order valence-electron chi connectivity index (χ1n) is 10.6. The van der Waals surface area contributed by atoms with Crippen LogP contribution < -0.4 is 0 Å². The van der Waals surface area contributed by atoms with E-state index in [4.69, 9.17) is 9.47 Å². The first-order chi connectivity index (χ1) is 13.8. The van der Waals surface area contributed by atoms with E-state index in [1.165, 1.54) is 11.1 Å². The molecule has 0 spiro atoms. The summed E-state index contributed by atoms with van der Waals surface area (Å²) in [6, 6.07) is 6.41. The van der Waals surface area contributed by atoms with Crippen LogP contribution in [-0.4, -0.2) is 41.3 Å². The van der Waals surface area contributed by atoms with E-state index in [0.29, 0.717) is 19.5 Å². The summed E-state index contributed by atoms with van der Waals surface area (Å²) < 4.78 is 11.3. The predicted molar refractivity (Wildman–Crippen MR) is 123 cm³/mol. The van der Waals surface area contributed by atoms with E-state index in [2.05, 4.69) is 41.1 Å². The van der Waals surface area contributed by atoms with Gasteiger partial charge in [-0.15, -0.1) is 0 Å². The minimum Gasteiger partial charge on any atom is -0.460 e. The number of ether oxygens (including phenoxy) is 2. The molecule has 30 heavy (non-hydrogen) atoms. The summed E-state index contributed by atoms with van der Waals surface area (Å²) in [5, 5.41) is 0.772. The maximum atomic E-state index is 13.1. The molecule has 1 amide bonds. The highest BCUT2D eigenvalue weighted by molar-refractivity contribution is 9.08. The minimum atomic E-state index is -0.549. The maximum Gasteiger partial charge on any atom is 0.410 e. The average Bonchev–Trinajstić information content (AvgIpc) is 3.06. The molecule has 1 heterocycles. The predicted octanol–water partition coefficient (Wildman–Crippen LogP) is 5.65. The lowest BCUT2D eigenvalue weighted by molar-refractivity contribution is -0.161. The van der Waals surface area contributed by atoms with Gasteiger partial charge in [-0.3, -0.25) is 4.79 Å². The first-order valence-corrected chi connectivity index (χ1v) is 11.8. The smallest absolute Gasteiger partial charge is 0.410 e. The third-order valence-electron chi connectivity index (χ3n) is 4.96.